The molecule has 2 aromatic rings. The van der Waals surface area contributed by atoms with Gasteiger partial charge in [0.1, 0.15) is 17.5 Å². The molecule has 1 N–H and O–H groups in total. The predicted octanol–water partition coefficient (Wildman–Crippen LogP) is 2.80. The number of terminal acetylenes is 1. The van der Waals surface area contributed by atoms with Crippen molar-refractivity contribution >= 4 is 5.82 Å². The molecule has 0 aliphatic carbocycles. The predicted molar refractivity (Wildman–Crippen MR) is 111 cm³/mol. The van der Waals surface area contributed by atoms with E-state index in [0.29, 0.717) is 6.42 Å². The van der Waals surface area contributed by atoms with Crippen LogP contribution in [0.3, 0.4) is 0 Å². The minimum atomic E-state index is -1.02. The molecule has 0 saturated carbocycles. The quantitative estimate of drug-likeness (QED) is 0.837. The first-order valence-corrected chi connectivity index (χ1v) is 10.4. The standard InChI is InChI=1S/C24H27N3O/c1-2-22-24(28,19-11-15-26(22)16-12-19)20-9-10-23(27-13-6-14-27)25-21(20)17-18-7-4-3-5-8-18/h1,3-5,7-10,19,22,28H,6,11-17H2. The Balaban J connectivity index is 1.60. The smallest absolute Gasteiger partial charge is 0.128 e. The van der Waals surface area contributed by atoms with Gasteiger partial charge in [-0.3, -0.25) is 4.90 Å². The Bertz CT molecular complexity index is 894. The van der Waals surface area contributed by atoms with E-state index in [1.807, 2.05) is 6.07 Å². The number of pyridine rings is 1. The number of rotatable bonds is 4. The van der Waals surface area contributed by atoms with Crippen LogP contribution in [0.4, 0.5) is 5.82 Å². The van der Waals surface area contributed by atoms with Crippen LogP contribution in [0.5, 0.6) is 0 Å². The van der Waals surface area contributed by atoms with Gasteiger partial charge in [0.2, 0.25) is 0 Å². The summed E-state index contributed by atoms with van der Waals surface area (Å²) < 4.78 is 0. The van der Waals surface area contributed by atoms with Gasteiger partial charge in [0, 0.05) is 25.1 Å². The van der Waals surface area contributed by atoms with Crippen molar-refractivity contribution in [2.24, 2.45) is 5.92 Å². The molecule has 2 atom stereocenters. The summed E-state index contributed by atoms with van der Waals surface area (Å²) in [5.74, 6) is 4.13. The lowest BCUT2D eigenvalue weighted by atomic mass is 9.66. The molecule has 5 heterocycles. The average molecular weight is 374 g/mol. The minimum Gasteiger partial charge on any atom is -0.382 e. The first-order chi connectivity index (χ1) is 13.7. The zero-order valence-electron chi connectivity index (χ0n) is 16.2. The van der Waals surface area contributed by atoms with Crippen molar-refractivity contribution in [1.82, 2.24) is 9.88 Å². The number of piperidine rings is 3. The van der Waals surface area contributed by atoms with E-state index >= 15 is 0 Å². The van der Waals surface area contributed by atoms with Crippen LogP contribution in [-0.2, 0) is 12.0 Å². The molecular weight excluding hydrogens is 346 g/mol. The number of aliphatic hydroxyl groups is 1. The van der Waals surface area contributed by atoms with Crippen LogP contribution in [0.1, 0.15) is 36.1 Å². The number of benzene rings is 1. The molecule has 4 fully saturated rings. The van der Waals surface area contributed by atoms with Gasteiger partial charge in [-0.2, -0.15) is 0 Å². The Morgan fingerprint density at radius 3 is 2.46 bits per heavy atom. The van der Waals surface area contributed by atoms with Gasteiger partial charge >= 0.3 is 0 Å². The van der Waals surface area contributed by atoms with Crippen molar-refractivity contribution in [3.05, 3.63) is 59.3 Å². The fraction of sp³-hybridized carbons (Fsp3) is 0.458. The van der Waals surface area contributed by atoms with E-state index in [-0.39, 0.29) is 12.0 Å². The van der Waals surface area contributed by atoms with Crippen LogP contribution in [0.2, 0.25) is 0 Å². The highest BCUT2D eigenvalue weighted by Gasteiger charge is 2.54. The maximum absolute atomic E-state index is 12.0. The van der Waals surface area contributed by atoms with Crippen molar-refractivity contribution in [2.75, 3.05) is 31.1 Å². The number of nitrogens with zero attached hydrogens (tertiary/aromatic N) is 3. The van der Waals surface area contributed by atoms with E-state index in [2.05, 4.69) is 52.1 Å². The molecule has 2 unspecified atom stereocenters. The fourth-order valence-corrected chi connectivity index (χ4v) is 5.20. The molecule has 28 heavy (non-hydrogen) atoms. The summed E-state index contributed by atoms with van der Waals surface area (Å²) in [6.45, 7) is 4.08. The zero-order valence-corrected chi connectivity index (χ0v) is 16.2. The molecule has 4 saturated heterocycles. The Labute approximate surface area is 167 Å². The van der Waals surface area contributed by atoms with Gasteiger partial charge in [-0.15, -0.1) is 6.42 Å². The topological polar surface area (TPSA) is 39.6 Å². The van der Waals surface area contributed by atoms with Crippen molar-refractivity contribution in [1.29, 1.82) is 0 Å². The summed E-state index contributed by atoms with van der Waals surface area (Å²) in [6.07, 6.45) is 9.85. The third-order valence-corrected chi connectivity index (χ3v) is 6.88. The molecule has 1 aromatic heterocycles. The summed E-state index contributed by atoms with van der Waals surface area (Å²) in [5.41, 5.74) is 2.08. The third kappa shape index (κ3) is 2.73. The first-order valence-electron chi connectivity index (χ1n) is 10.4. The number of hydrogen-bond donors (Lipinski definition) is 1. The van der Waals surface area contributed by atoms with Crippen LogP contribution in [-0.4, -0.2) is 47.2 Å². The second-order valence-electron chi connectivity index (χ2n) is 8.37. The van der Waals surface area contributed by atoms with Crippen LogP contribution in [0, 0.1) is 18.3 Å². The molecule has 0 radical (unpaired) electrons. The number of anilines is 1. The Morgan fingerprint density at radius 2 is 1.82 bits per heavy atom. The van der Waals surface area contributed by atoms with Crippen LogP contribution >= 0.6 is 0 Å². The Hall–Kier alpha value is -2.35. The molecule has 4 aliphatic heterocycles. The summed E-state index contributed by atoms with van der Waals surface area (Å²) >= 11 is 0. The molecule has 4 nitrogen and oxygen atoms in total. The second-order valence-corrected chi connectivity index (χ2v) is 8.37. The first kappa shape index (κ1) is 17.7. The summed E-state index contributed by atoms with van der Waals surface area (Å²) in [7, 11) is 0. The molecule has 6 rings (SSSR count). The highest BCUT2D eigenvalue weighted by molar-refractivity contribution is 5.48. The molecule has 4 aliphatic rings. The minimum absolute atomic E-state index is 0.199. The van der Waals surface area contributed by atoms with Gasteiger partial charge in [-0.1, -0.05) is 42.3 Å². The normalized spacial score (nSPS) is 31.3. The van der Waals surface area contributed by atoms with Crippen molar-refractivity contribution in [2.45, 2.75) is 37.3 Å². The SMILES string of the molecule is C#CC1N2CCC(CC2)C1(O)c1ccc(N2CCC2)nc1Cc1ccccc1. The second kappa shape index (κ2) is 6.92. The van der Waals surface area contributed by atoms with Crippen LogP contribution in [0.15, 0.2) is 42.5 Å². The largest absolute Gasteiger partial charge is 0.382 e. The zero-order chi connectivity index (χ0) is 19.1. The van der Waals surface area contributed by atoms with Crippen LogP contribution in [0.25, 0.3) is 0 Å². The van der Waals surface area contributed by atoms with Gasteiger partial charge in [0.05, 0.1) is 5.69 Å². The maximum Gasteiger partial charge on any atom is 0.128 e. The Morgan fingerprint density at radius 1 is 1.07 bits per heavy atom. The maximum atomic E-state index is 12.0. The lowest BCUT2D eigenvalue weighted by Gasteiger charge is -2.54. The fourth-order valence-electron chi connectivity index (χ4n) is 5.20. The molecule has 1 aromatic carbocycles. The van der Waals surface area contributed by atoms with Gasteiger partial charge < -0.3 is 10.0 Å². The molecule has 4 heteroatoms. The van der Waals surface area contributed by atoms with Gasteiger partial charge in [0.15, 0.2) is 0 Å². The van der Waals surface area contributed by atoms with Gasteiger partial charge in [0.25, 0.3) is 0 Å². The highest BCUT2D eigenvalue weighted by atomic mass is 16.3. The van der Waals surface area contributed by atoms with Crippen molar-refractivity contribution < 1.29 is 5.11 Å². The lowest BCUT2D eigenvalue weighted by molar-refractivity contribution is -0.143. The van der Waals surface area contributed by atoms with Gasteiger partial charge in [-0.05, 0) is 49.9 Å². The number of fused-ring (bicyclic) bond motifs is 3. The van der Waals surface area contributed by atoms with Crippen molar-refractivity contribution in [3.8, 4) is 12.3 Å². The highest BCUT2D eigenvalue weighted by Crippen LogP contribution is 2.47. The molecule has 2 bridgehead atoms. The van der Waals surface area contributed by atoms with E-state index in [4.69, 9.17) is 11.4 Å². The van der Waals surface area contributed by atoms with E-state index in [0.717, 1.165) is 56.1 Å². The lowest BCUT2D eigenvalue weighted by Crippen LogP contribution is -2.63. The summed E-state index contributed by atoms with van der Waals surface area (Å²) in [5, 5.41) is 12.0. The van der Waals surface area contributed by atoms with E-state index < -0.39 is 5.60 Å². The molecule has 144 valence electrons. The van der Waals surface area contributed by atoms with Gasteiger partial charge in [-0.25, -0.2) is 4.98 Å². The van der Waals surface area contributed by atoms with Crippen LogP contribution < -0.4 is 4.90 Å². The molecule has 0 spiro atoms. The van der Waals surface area contributed by atoms with E-state index in [1.54, 1.807) is 0 Å². The Kier molecular flexibility index (Phi) is 4.38. The van der Waals surface area contributed by atoms with E-state index in [9.17, 15) is 5.11 Å². The summed E-state index contributed by atoms with van der Waals surface area (Å²) in [4.78, 5) is 9.62. The van der Waals surface area contributed by atoms with E-state index in [1.165, 1.54) is 12.0 Å². The molecule has 0 amide bonds. The average Bonchev–Trinajstić information content (AvgIpc) is 2.68. The number of hydrogen-bond acceptors (Lipinski definition) is 4. The molecular formula is C24H27N3O. The third-order valence-electron chi connectivity index (χ3n) is 6.88. The summed E-state index contributed by atoms with van der Waals surface area (Å²) in [6, 6.07) is 14.3. The number of aromatic nitrogens is 1. The van der Waals surface area contributed by atoms with Crippen molar-refractivity contribution in [3.63, 3.8) is 0 Å². The monoisotopic (exact) mass is 373 g/mol.